The van der Waals surface area contributed by atoms with Crippen molar-refractivity contribution in [3.05, 3.63) is 35.9 Å². The van der Waals surface area contributed by atoms with Gasteiger partial charge in [-0.05, 0) is 5.56 Å². The lowest BCUT2D eigenvalue weighted by Gasteiger charge is -2.16. The van der Waals surface area contributed by atoms with Gasteiger partial charge in [0.1, 0.15) is 12.6 Å². The van der Waals surface area contributed by atoms with Gasteiger partial charge in [-0.15, -0.1) is 0 Å². The van der Waals surface area contributed by atoms with Crippen LogP contribution < -0.4 is 5.32 Å². The van der Waals surface area contributed by atoms with E-state index in [1.54, 1.807) is 0 Å². The first-order valence-electron chi connectivity index (χ1n) is 6.05. The lowest BCUT2D eigenvalue weighted by Crippen LogP contribution is -2.42. The van der Waals surface area contributed by atoms with Crippen LogP contribution in [0.15, 0.2) is 30.3 Å². The second-order valence-corrected chi connectivity index (χ2v) is 4.56. The highest BCUT2D eigenvalue weighted by Gasteiger charge is 2.39. The van der Waals surface area contributed by atoms with Crippen molar-refractivity contribution in [3.8, 4) is 0 Å². The Labute approximate surface area is 110 Å². The minimum Gasteiger partial charge on any atom is -0.465 e. The van der Waals surface area contributed by atoms with Crippen LogP contribution in [0.1, 0.15) is 12.5 Å². The molecule has 0 bridgehead atoms. The molecule has 19 heavy (non-hydrogen) atoms. The molecule has 2 atom stereocenters. The number of hydroxylamine groups is 2. The smallest absolute Gasteiger partial charge is 0.405 e. The topological polar surface area (TPSA) is 78.9 Å². The molecule has 0 aliphatic carbocycles. The molecule has 102 valence electrons. The minimum atomic E-state index is -1.20. The van der Waals surface area contributed by atoms with Gasteiger partial charge in [0.25, 0.3) is 5.91 Å². The Kier molecular flexibility index (Phi) is 4.01. The predicted molar refractivity (Wildman–Crippen MR) is 67.1 cm³/mol. The van der Waals surface area contributed by atoms with Crippen molar-refractivity contribution in [2.24, 2.45) is 5.92 Å². The Bertz CT molecular complexity index is 463. The summed E-state index contributed by atoms with van der Waals surface area (Å²) in [5, 5.41) is 12.1. The Morgan fingerprint density at radius 3 is 2.79 bits per heavy atom. The van der Waals surface area contributed by atoms with Crippen molar-refractivity contribution in [2.45, 2.75) is 19.6 Å². The van der Waals surface area contributed by atoms with E-state index in [-0.39, 0.29) is 11.8 Å². The predicted octanol–water partition coefficient (Wildman–Crippen LogP) is 1.23. The van der Waals surface area contributed by atoms with E-state index < -0.39 is 12.1 Å². The van der Waals surface area contributed by atoms with Crippen molar-refractivity contribution >= 4 is 12.0 Å². The van der Waals surface area contributed by atoms with Crippen molar-refractivity contribution in [1.82, 2.24) is 10.4 Å². The number of amides is 2. The summed E-state index contributed by atoms with van der Waals surface area (Å²) in [5.41, 5.74) is 0.956. The molecule has 1 aliphatic heterocycles. The molecule has 6 heteroatoms. The fraction of sp³-hybridized carbons (Fsp3) is 0.385. The van der Waals surface area contributed by atoms with Gasteiger partial charge in [0.2, 0.25) is 0 Å². The normalized spacial score (nSPS) is 22.6. The van der Waals surface area contributed by atoms with E-state index in [1.807, 2.05) is 37.3 Å². The minimum absolute atomic E-state index is 0.112. The highest BCUT2D eigenvalue weighted by atomic mass is 16.7. The lowest BCUT2D eigenvalue weighted by atomic mass is 10.1. The van der Waals surface area contributed by atoms with E-state index in [0.29, 0.717) is 13.2 Å². The molecule has 1 aliphatic rings. The third-order valence-corrected chi connectivity index (χ3v) is 3.04. The molecule has 2 rings (SSSR count). The summed E-state index contributed by atoms with van der Waals surface area (Å²) in [6.07, 6.45) is -1.20. The van der Waals surface area contributed by atoms with E-state index in [4.69, 9.17) is 9.94 Å². The molecule has 2 N–H and O–H groups in total. The highest BCUT2D eigenvalue weighted by molar-refractivity contribution is 5.86. The molecule has 1 saturated heterocycles. The summed E-state index contributed by atoms with van der Waals surface area (Å²) in [5.74, 6) is -0.454. The zero-order chi connectivity index (χ0) is 13.8. The summed E-state index contributed by atoms with van der Waals surface area (Å²) < 4.78 is 0. The van der Waals surface area contributed by atoms with E-state index in [0.717, 1.165) is 5.56 Å². The number of rotatable bonds is 4. The fourth-order valence-electron chi connectivity index (χ4n) is 2.04. The Balaban J connectivity index is 1.92. The number of carbonyl (C=O) groups excluding carboxylic acids is 1. The number of hydrogen-bond acceptors (Lipinski definition) is 3. The number of carbonyl (C=O) groups is 2. The maximum atomic E-state index is 11.9. The first-order valence-corrected chi connectivity index (χ1v) is 6.05. The van der Waals surface area contributed by atoms with Crippen LogP contribution in [0.4, 0.5) is 4.79 Å². The van der Waals surface area contributed by atoms with Crippen LogP contribution in [0, 0.1) is 5.92 Å². The fourth-order valence-corrected chi connectivity index (χ4v) is 2.04. The molecule has 0 spiro atoms. The van der Waals surface area contributed by atoms with Gasteiger partial charge in [-0.25, -0.2) is 9.86 Å². The summed E-state index contributed by atoms with van der Waals surface area (Å²) in [4.78, 5) is 28.0. The van der Waals surface area contributed by atoms with Gasteiger partial charge < -0.3 is 10.4 Å². The monoisotopic (exact) mass is 264 g/mol. The number of benzene rings is 1. The van der Waals surface area contributed by atoms with Gasteiger partial charge in [0, 0.05) is 5.92 Å². The number of carboxylic acid groups (broad SMARTS) is 1. The maximum absolute atomic E-state index is 11.9. The maximum Gasteiger partial charge on any atom is 0.405 e. The van der Waals surface area contributed by atoms with Gasteiger partial charge >= 0.3 is 6.09 Å². The van der Waals surface area contributed by atoms with E-state index in [1.165, 1.54) is 5.06 Å². The molecule has 1 heterocycles. The summed E-state index contributed by atoms with van der Waals surface area (Å²) in [7, 11) is 0. The molecule has 0 aromatic heterocycles. The van der Waals surface area contributed by atoms with Crippen molar-refractivity contribution in [3.63, 3.8) is 0 Å². The third kappa shape index (κ3) is 3.23. The van der Waals surface area contributed by atoms with Gasteiger partial charge in [0.15, 0.2) is 0 Å². The summed E-state index contributed by atoms with van der Waals surface area (Å²) in [6, 6.07) is 8.75. The first-order chi connectivity index (χ1) is 9.08. The highest BCUT2D eigenvalue weighted by Crippen LogP contribution is 2.19. The van der Waals surface area contributed by atoms with Gasteiger partial charge in [-0.1, -0.05) is 37.3 Å². The van der Waals surface area contributed by atoms with Gasteiger partial charge in [-0.2, -0.15) is 0 Å². The quantitative estimate of drug-likeness (QED) is 0.857. The molecule has 1 aromatic carbocycles. The van der Waals surface area contributed by atoms with E-state index in [2.05, 4.69) is 5.32 Å². The number of nitrogens with zero attached hydrogens (tertiary/aromatic N) is 1. The zero-order valence-corrected chi connectivity index (χ0v) is 10.6. The molecule has 2 amide bonds. The second kappa shape index (κ2) is 5.71. The Hall–Kier alpha value is -2.08. The molecule has 1 aromatic rings. The van der Waals surface area contributed by atoms with Crippen molar-refractivity contribution < 1.29 is 19.5 Å². The Morgan fingerprint density at radius 2 is 2.16 bits per heavy atom. The van der Waals surface area contributed by atoms with E-state index in [9.17, 15) is 9.59 Å². The summed E-state index contributed by atoms with van der Waals surface area (Å²) in [6.45, 7) is 2.49. The SMILES string of the molecule is CC1CN(OCc2ccccc2)C(=O)C1NC(=O)O. The van der Waals surface area contributed by atoms with E-state index >= 15 is 0 Å². The number of nitrogens with one attached hydrogen (secondary N) is 1. The second-order valence-electron chi connectivity index (χ2n) is 4.56. The van der Waals surface area contributed by atoms with Crippen LogP contribution in [0.25, 0.3) is 0 Å². The van der Waals surface area contributed by atoms with Crippen molar-refractivity contribution in [1.29, 1.82) is 0 Å². The Morgan fingerprint density at radius 1 is 1.47 bits per heavy atom. The molecular formula is C13H16N2O4. The number of hydrogen-bond donors (Lipinski definition) is 2. The molecule has 6 nitrogen and oxygen atoms in total. The van der Waals surface area contributed by atoms with Crippen LogP contribution in [0.2, 0.25) is 0 Å². The molecule has 2 unspecified atom stereocenters. The van der Waals surface area contributed by atoms with Crippen LogP contribution in [-0.2, 0) is 16.2 Å². The van der Waals surface area contributed by atoms with Crippen LogP contribution in [-0.4, -0.2) is 34.8 Å². The molecule has 0 saturated carbocycles. The first kappa shape index (κ1) is 13.4. The lowest BCUT2D eigenvalue weighted by molar-refractivity contribution is -0.183. The zero-order valence-electron chi connectivity index (χ0n) is 10.6. The largest absolute Gasteiger partial charge is 0.465 e. The summed E-state index contributed by atoms with van der Waals surface area (Å²) >= 11 is 0. The standard InChI is InChI=1S/C13H16N2O4/c1-9-7-15(12(16)11(9)14-13(17)18)19-8-10-5-3-2-4-6-10/h2-6,9,11,14H,7-8H2,1H3,(H,17,18). The molecule has 1 fully saturated rings. The average Bonchev–Trinajstić information content (AvgIpc) is 2.65. The van der Waals surface area contributed by atoms with Crippen LogP contribution in [0.5, 0.6) is 0 Å². The van der Waals surface area contributed by atoms with Crippen LogP contribution in [0.3, 0.4) is 0 Å². The third-order valence-electron chi connectivity index (χ3n) is 3.04. The average molecular weight is 264 g/mol. The molecule has 0 radical (unpaired) electrons. The van der Waals surface area contributed by atoms with Crippen LogP contribution >= 0.6 is 0 Å². The van der Waals surface area contributed by atoms with Gasteiger partial charge in [0.05, 0.1) is 6.54 Å². The van der Waals surface area contributed by atoms with Crippen molar-refractivity contribution in [2.75, 3.05) is 6.54 Å². The molecular weight excluding hydrogens is 248 g/mol. The van der Waals surface area contributed by atoms with Gasteiger partial charge in [-0.3, -0.25) is 9.63 Å².